The summed E-state index contributed by atoms with van der Waals surface area (Å²) in [5, 5.41) is 0.683. The van der Waals surface area contributed by atoms with Crippen molar-refractivity contribution in [2.24, 2.45) is 0 Å². The van der Waals surface area contributed by atoms with E-state index in [0.29, 0.717) is 24.4 Å². The SMILES string of the molecule is COC(=O)C1CCCN1S(=O)(=O)c1cnc(C)s1. The largest absolute Gasteiger partial charge is 0.468 e. The van der Waals surface area contributed by atoms with Crippen LogP contribution >= 0.6 is 11.3 Å². The van der Waals surface area contributed by atoms with Gasteiger partial charge in [-0.25, -0.2) is 13.4 Å². The Balaban J connectivity index is 2.32. The topological polar surface area (TPSA) is 76.6 Å². The van der Waals surface area contributed by atoms with Crippen LogP contribution in [0.25, 0.3) is 0 Å². The Labute approximate surface area is 110 Å². The van der Waals surface area contributed by atoms with Crippen LogP contribution in [-0.2, 0) is 19.6 Å². The Morgan fingerprint density at radius 3 is 2.89 bits per heavy atom. The average molecular weight is 290 g/mol. The van der Waals surface area contributed by atoms with Gasteiger partial charge in [0.25, 0.3) is 10.0 Å². The Morgan fingerprint density at radius 1 is 1.61 bits per heavy atom. The van der Waals surface area contributed by atoms with Gasteiger partial charge in [0.05, 0.1) is 18.3 Å². The summed E-state index contributed by atoms with van der Waals surface area (Å²) in [6.07, 6.45) is 2.50. The van der Waals surface area contributed by atoms with Crippen LogP contribution in [0.1, 0.15) is 17.8 Å². The summed E-state index contributed by atoms with van der Waals surface area (Å²) in [6, 6.07) is -0.706. The minimum absolute atomic E-state index is 0.177. The highest BCUT2D eigenvalue weighted by molar-refractivity contribution is 7.91. The summed E-state index contributed by atoms with van der Waals surface area (Å²) in [5.41, 5.74) is 0. The molecule has 0 saturated carbocycles. The monoisotopic (exact) mass is 290 g/mol. The van der Waals surface area contributed by atoms with Crippen LogP contribution in [-0.4, -0.2) is 43.4 Å². The molecule has 0 radical (unpaired) electrons. The van der Waals surface area contributed by atoms with Crippen LogP contribution in [0.4, 0.5) is 0 Å². The molecular formula is C10H14N2O4S2. The molecule has 1 aromatic rings. The summed E-state index contributed by atoms with van der Waals surface area (Å²) in [4.78, 5) is 15.5. The van der Waals surface area contributed by atoms with E-state index in [1.807, 2.05) is 0 Å². The molecule has 8 heteroatoms. The molecule has 1 aromatic heterocycles. The highest BCUT2D eigenvalue weighted by atomic mass is 32.2. The van der Waals surface area contributed by atoms with Gasteiger partial charge in [0.15, 0.2) is 4.21 Å². The number of hydrogen-bond donors (Lipinski definition) is 0. The minimum atomic E-state index is -3.63. The van der Waals surface area contributed by atoms with E-state index in [1.165, 1.54) is 17.6 Å². The van der Waals surface area contributed by atoms with Crippen molar-refractivity contribution in [1.29, 1.82) is 0 Å². The second-order valence-electron chi connectivity index (χ2n) is 4.00. The van der Waals surface area contributed by atoms with Crippen molar-refractivity contribution >= 4 is 27.3 Å². The lowest BCUT2D eigenvalue weighted by Crippen LogP contribution is -2.40. The van der Waals surface area contributed by atoms with E-state index >= 15 is 0 Å². The maximum Gasteiger partial charge on any atom is 0.324 e. The van der Waals surface area contributed by atoms with Gasteiger partial charge in [0, 0.05) is 6.54 Å². The molecule has 6 nitrogen and oxygen atoms in total. The molecule has 1 atom stereocenters. The third-order valence-corrected chi connectivity index (χ3v) is 6.10. The van der Waals surface area contributed by atoms with Gasteiger partial charge in [-0.05, 0) is 19.8 Å². The first-order valence-corrected chi connectivity index (χ1v) is 7.74. The van der Waals surface area contributed by atoms with Crippen molar-refractivity contribution in [2.75, 3.05) is 13.7 Å². The summed E-state index contributed by atoms with van der Waals surface area (Å²) < 4.78 is 30.8. The molecular weight excluding hydrogens is 276 g/mol. The van der Waals surface area contributed by atoms with Crippen LogP contribution < -0.4 is 0 Å². The zero-order valence-corrected chi connectivity index (χ0v) is 11.8. The maximum absolute atomic E-state index is 12.4. The van der Waals surface area contributed by atoms with E-state index in [2.05, 4.69) is 9.72 Å². The van der Waals surface area contributed by atoms with Crippen molar-refractivity contribution in [3.8, 4) is 0 Å². The first kappa shape index (κ1) is 13.4. The summed E-state index contributed by atoms with van der Waals surface area (Å²) >= 11 is 1.11. The van der Waals surface area contributed by atoms with Gasteiger partial charge in [0.1, 0.15) is 6.04 Å². The van der Waals surface area contributed by atoms with E-state index in [9.17, 15) is 13.2 Å². The number of ether oxygens (including phenoxy) is 1. The predicted molar refractivity (Wildman–Crippen MR) is 65.8 cm³/mol. The zero-order valence-electron chi connectivity index (χ0n) is 10.1. The fourth-order valence-corrected chi connectivity index (χ4v) is 4.86. The van der Waals surface area contributed by atoms with Gasteiger partial charge in [0.2, 0.25) is 0 Å². The highest BCUT2D eigenvalue weighted by Crippen LogP contribution is 2.29. The Bertz CT molecular complexity index is 552. The summed E-state index contributed by atoms with van der Waals surface area (Å²) in [5.74, 6) is -0.502. The Morgan fingerprint density at radius 2 is 2.33 bits per heavy atom. The van der Waals surface area contributed by atoms with E-state index in [4.69, 9.17) is 0 Å². The van der Waals surface area contributed by atoms with Crippen LogP contribution in [0.2, 0.25) is 0 Å². The molecule has 1 aliphatic heterocycles. The van der Waals surface area contributed by atoms with E-state index in [0.717, 1.165) is 11.3 Å². The van der Waals surface area contributed by atoms with Crippen LogP contribution in [0.5, 0.6) is 0 Å². The maximum atomic E-state index is 12.4. The standard InChI is InChI=1S/C10H14N2O4S2/c1-7-11-6-9(17-7)18(14,15)12-5-3-4-8(12)10(13)16-2/h6,8H,3-5H2,1-2H3. The average Bonchev–Trinajstić information content (AvgIpc) is 2.96. The molecule has 0 spiro atoms. The number of carbonyl (C=O) groups is 1. The fraction of sp³-hybridized carbons (Fsp3) is 0.600. The first-order valence-electron chi connectivity index (χ1n) is 5.49. The molecule has 1 aliphatic rings. The van der Waals surface area contributed by atoms with Crippen molar-refractivity contribution in [3.63, 3.8) is 0 Å². The first-order chi connectivity index (χ1) is 8.46. The van der Waals surface area contributed by atoms with Gasteiger partial charge in [-0.3, -0.25) is 4.79 Å². The van der Waals surface area contributed by atoms with E-state index in [1.54, 1.807) is 6.92 Å². The Hall–Kier alpha value is -0.990. The van der Waals surface area contributed by atoms with Crippen LogP contribution in [0.3, 0.4) is 0 Å². The van der Waals surface area contributed by atoms with Crippen LogP contribution in [0, 0.1) is 6.92 Å². The molecule has 2 heterocycles. The van der Waals surface area contributed by atoms with Gasteiger partial charge < -0.3 is 4.74 Å². The van der Waals surface area contributed by atoms with E-state index < -0.39 is 22.0 Å². The zero-order chi connectivity index (χ0) is 13.3. The smallest absolute Gasteiger partial charge is 0.324 e. The molecule has 0 amide bonds. The lowest BCUT2D eigenvalue weighted by atomic mass is 10.2. The van der Waals surface area contributed by atoms with Crippen molar-refractivity contribution < 1.29 is 17.9 Å². The summed E-state index contributed by atoms with van der Waals surface area (Å²) in [7, 11) is -2.37. The number of nitrogens with zero attached hydrogens (tertiary/aromatic N) is 2. The number of rotatable bonds is 3. The normalized spacial score (nSPS) is 21.1. The molecule has 100 valence electrons. The number of esters is 1. The lowest BCUT2D eigenvalue weighted by molar-refractivity contribution is -0.144. The number of carbonyl (C=O) groups excluding carboxylic acids is 1. The fourth-order valence-electron chi connectivity index (χ4n) is 1.98. The summed E-state index contributed by atoms with van der Waals surface area (Å²) in [6.45, 7) is 2.09. The van der Waals surface area contributed by atoms with Gasteiger partial charge in [-0.15, -0.1) is 11.3 Å². The van der Waals surface area contributed by atoms with E-state index in [-0.39, 0.29) is 4.21 Å². The minimum Gasteiger partial charge on any atom is -0.468 e. The van der Waals surface area contributed by atoms with Gasteiger partial charge in [-0.1, -0.05) is 0 Å². The number of aromatic nitrogens is 1. The number of aryl methyl sites for hydroxylation is 1. The molecule has 1 fully saturated rings. The van der Waals surface area contributed by atoms with Gasteiger partial charge in [-0.2, -0.15) is 4.31 Å². The number of methoxy groups -OCH3 is 1. The molecule has 18 heavy (non-hydrogen) atoms. The second kappa shape index (κ2) is 4.94. The molecule has 2 rings (SSSR count). The molecule has 1 saturated heterocycles. The third kappa shape index (κ3) is 2.27. The quantitative estimate of drug-likeness (QED) is 0.769. The molecule has 0 aliphatic carbocycles. The molecule has 0 N–H and O–H groups in total. The third-order valence-electron chi connectivity index (χ3n) is 2.84. The molecule has 1 unspecified atom stereocenters. The van der Waals surface area contributed by atoms with Crippen molar-refractivity contribution in [3.05, 3.63) is 11.2 Å². The van der Waals surface area contributed by atoms with Crippen LogP contribution in [0.15, 0.2) is 10.4 Å². The second-order valence-corrected chi connectivity index (χ2v) is 7.35. The Kier molecular flexibility index (Phi) is 3.69. The molecule has 0 bridgehead atoms. The number of thiazole rings is 1. The predicted octanol–water partition coefficient (Wildman–Crippen LogP) is 0.778. The van der Waals surface area contributed by atoms with Crippen molar-refractivity contribution in [1.82, 2.24) is 9.29 Å². The number of hydrogen-bond acceptors (Lipinski definition) is 6. The van der Waals surface area contributed by atoms with Crippen molar-refractivity contribution in [2.45, 2.75) is 30.0 Å². The van der Waals surface area contributed by atoms with Gasteiger partial charge >= 0.3 is 5.97 Å². The lowest BCUT2D eigenvalue weighted by Gasteiger charge is -2.20. The highest BCUT2D eigenvalue weighted by Gasteiger charge is 2.40. The number of sulfonamides is 1. The molecule has 0 aromatic carbocycles.